The van der Waals surface area contributed by atoms with Crippen molar-refractivity contribution in [3.05, 3.63) is 17.8 Å². The molecule has 9 heteroatoms. The molecule has 1 rings (SSSR count). The first kappa shape index (κ1) is 12.6. The fourth-order valence-corrected chi connectivity index (χ4v) is 0.921. The molecular formula is C7H7BF3NO4. The summed E-state index contributed by atoms with van der Waals surface area (Å²) in [6.07, 6.45) is -4.67. The number of pyridine rings is 1. The highest BCUT2D eigenvalue weighted by Crippen LogP contribution is 2.32. The minimum absolute atomic E-state index is 0.342. The zero-order chi connectivity index (χ0) is 12.3. The first-order valence-corrected chi connectivity index (χ1v) is 3.99. The number of ether oxygens (including phenoxy) is 1. The summed E-state index contributed by atoms with van der Waals surface area (Å²) in [5.74, 6) is -0.750. The van der Waals surface area contributed by atoms with Crippen molar-refractivity contribution in [3.63, 3.8) is 0 Å². The van der Waals surface area contributed by atoms with E-state index in [1.54, 1.807) is 0 Å². The predicted octanol–water partition coefficient (Wildman–Crippen LogP) is 0.457. The summed E-state index contributed by atoms with van der Waals surface area (Å²) in [4.78, 5) is 3.14. The van der Waals surface area contributed by atoms with E-state index < -0.39 is 24.9 Å². The average molecular weight is 237 g/mol. The van der Waals surface area contributed by atoms with Gasteiger partial charge < -0.3 is 19.4 Å². The van der Waals surface area contributed by atoms with Crippen LogP contribution in [0.4, 0.5) is 13.2 Å². The first-order valence-electron chi connectivity index (χ1n) is 3.99. The van der Waals surface area contributed by atoms with E-state index in [0.29, 0.717) is 6.07 Å². The zero-order valence-electron chi connectivity index (χ0n) is 8.02. The third-order valence-electron chi connectivity index (χ3n) is 1.52. The van der Waals surface area contributed by atoms with Gasteiger partial charge in [-0.25, -0.2) is 4.98 Å². The lowest BCUT2D eigenvalue weighted by Crippen LogP contribution is -2.21. The van der Waals surface area contributed by atoms with Crippen molar-refractivity contribution in [1.29, 1.82) is 0 Å². The molecule has 5 nitrogen and oxygen atoms in total. The Morgan fingerprint density at radius 2 is 1.94 bits per heavy atom. The number of hydrogen-bond acceptors (Lipinski definition) is 5. The lowest BCUT2D eigenvalue weighted by atomic mass is 10.2. The first-order chi connectivity index (χ1) is 7.32. The maximum absolute atomic E-state index is 12.3. The maximum atomic E-state index is 12.3. The summed E-state index contributed by atoms with van der Waals surface area (Å²) in [6, 6.07) is 1.52. The number of hydrogen-bond donors (Lipinski definition) is 2. The van der Waals surface area contributed by atoms with Gasteiger partial charge in [-0.05, 0) is 0 Å². The van der Waals surface area contributed by atoms with E-state index in [0.717, 1.165) is 13.2 Å². The normalized spacial score (nSPS) is 11.1. The van der Waals surface area contributed by atoms with Crippen LogP contribution in [-0.4, -0.2) is 29.5 Å². The van der Waals surface area contributed by atoms with Gasteiger partial charge in [0.15, 0.2) is 5.69 Å². The number of alkyl halides is 3. The van der Waals surface area contributed by atoms with Crippen molar-refractivity contribution in [2.45, 2.75) is 6.18 Å². The van der Waals surface area contributed by atoms with Gasteiger partial charge in [0.2, 0.25) is 5.88 Å². The van der Waals surface area contributed by atoms with Crippen LogP contribution >= 0.6 is 0 Å². The van der Waals surface area contributed by atoms with Gasteiger partial charge in [0.25, 0.3) is 0 Å². The van der Waals surface area contributed by atoms with Crippen molar-refractivity contribution in [3.8, 4) is 11.6 Å². The Morgan fingerprint density at radius 3 is 2.38 bits per heavy atom. The molecule has 0 bridgehead atoms. The van der Waals surface area contributed by atoms with Crippen LogP contribution in [-0.2, 0) is 6.18 Å². The Labute approximate surface area is 88.6 Å². The minimum Gasteiger partial charge on any atom is -0.512 e. The van der Waals surface area contributed by atoms with E-state index in [1.807, 2.05) is 0 Å². The number of aromatic nitrogens is 1. The molecule has 0 unspecified atom stereocenters. The smallest absolute Gasteiger partial charge is 0.512 e. The highest BCUT2D eigenvalue weighted by molar-refractivity contribution is 6.33. The molecule has 0 saturated carbocycles. The van der Waals surface area contributed by atoms with Gasteiger partial charge in [-0.1, -0.05) is 0 Å². The molecule has 0 atom stereocenters. The summed E-state index contributed by atoms with van der Waals surface area (Å²) in [6.45, 7) is 0. The molecule has 0 spiro atoms. The third-order valence-corrected chi connectivity index (χ3v) is 1.52. The molecule has 1 heterocycles. The summed E-state index contributed by atoms with van der Waals surface area (Å²) in [7, 11) is -1.09. The Hall–Kier alpha value is -1.48. The Balaban J connectivity index is 3.11. The molecule has 0 saturated heterocycles. The summed E-state index contributed by atoms with van der Waals surface area (Å²) < 4.78 is 45.8. The molecule has 0 fully saturated rings. The van der Waals surface area contributed by atoms with E-state index in [4.69, 9.17) is 10.0 Å². The second-order valence-corrected chi connectivity index (χ2v) is 2.67. The molecule has 0 aliphatic rings. The van der Waals surface area contributed by atoms with Gasteiger partial charge >= 0.3 is 13.5 Å². The van der Waals surface area contributed by atoms with E-state index >= 15 is 0 Å². The largest absolute Gasteiger partial charge is 0.707 e. The van der Waals surface area contributed by atoms with Crippen LogP contribution in [0.5, 0.6) is 11.6 Å². The van der Waals surface area contributed by atoms with Crippen LogP contribution in [0.25, 0.3) is 0 Å². The number of halogens is 3. The van der Waals surface area contributed by atoms with Crippen molar-refractivity contribution < 1.29 is 32.6 Å². The minimum atomic E-state index is -4.67. The van der Waals surface area contributed by atoms with E-state index in [1.165, 1.54) is 0 Å². The molecule has 88 valence electrons. The molecule has 0 aliphatic heterocycles. The quantitative estimate of drug-likeness (QED) is 0.747. The van der Waals surface area contributed by atoms with Gasteiger partial charge in [0, 0.05) is 12.1 Å². The monoisotopic (exact) mass is 237 g/mol. The fraction of sp³-hybridized carbons (Fsp3) is 0.286. The molecular weight excluding hydrogens is 230 g/mol. The van der Waals surface area contributed by atoms with E-state index in [-0.39, 0.29) is 5.88 Å². The van der Waals surface area contributed by atoms with Gasteiger partial charge in [0.05, 0.1) is 7.11 Å². The van der Waals surface area contributed by atoms with Gasteiger partial charge in [-0.2, -0.15) is 13.2 Å². The van der Waals surface area contributed by atoms with Crippen LogP contribution in [0, 0.1) is 0 Å². The second-order valence-electron chi connectivity index (χ2n) is 2.67. The van der Waals surface area contributed by atoms with E-state index in [2.05, 4.69) is 14.4 Å². The maximum Gasteiger partial charge on any atom is 0.707 e. The number of rotatable bonds is 3. The van der Waals surface area contributed by atoms with Gasteiger partial charge in [-0.15, -0.1) is 0 Å². The van der Waals surface area contributed by atoms with Crippen LogP contribution in [0.2, 0.25) is 0 Å². The van der Waals surface area contributed by atoms with Gasteiger partial charge in [0.1, 0.15) is 5.75 Å². The molecule has 1 aromatic heterocycles. The molecule has 0 aromatic carbocycles. The van der Waals surface area contributed by atoms with Crippen LogP contribution in [0.15, 0.2) is 12.1 Å². The van der Waals surface area contributed by atoms with Crippen molar-refractivity contribution in [2.24, 2.45) is 0 Å². The topological polar surface area (TPSA) is 71.8 Å². The summed E-state index contributed by atoms with van der Waals surface area (Å²) >= 11 is 0. The van der Waals surface area contributed by atoms with Crippen molar-refractivity contribution in [2.75, 3.05) is 7.11 Å². The van der Waals surface area contributed by atoms with Crippen LogP contribution in [0.3, 0.4) is 0 Å². The summed E-state index contributed by atoms with van der Waals surface area (Å²) in [5, 5.41) is 16.9. The zero-order valence-corrected chi connectivity index (χ0v) is 8.02. The number of methoxy groups -OCH3 is 1. The highest BCUT2D eigenvalue weighted by Gasteiger charge is 2.34. The molecule has 0 amide bonds. The van der Waals surface area contributed by atoms with Gasteiger partial charge in [-0.3, -0.25) is 0 Å². The molecule has 16 heavy (non-hydrogen) atoms. The lowest BCUT2D eigenvalue weighted by Gasteiger charge is -2.11. The summed E-state index contributed by atoms with van der Waals surface area (Å²) in [5.41, 5.74) is -1.25. The van der Waals surface area contributed by atoms with Crippen LogP contribution < -0.4 is 9.39 Å². The van der Waals surface area contributed by atoms with Crippen molar-refractivity contribution in [1.82, 2.24) is 4.98 Å². The molecule has 0 aliphatic carbocycles. The Morgan fingerprint density at radius 1 is 1.31 bits per heavy atom. The fourth-order valence-electron chi connectivity index (χ4n) is 0.921. The predicted molar refractivity (Wildman–Crippen MR) is 46.6 cm³/mol. The standard InChI is InChI=1S/C7H7BF3NO4/c1-15-6-3-4(16-8(13)14)2-5(12-6)7(9,10)11/h2-3,13-14H,1H3. The highest BCUT2D eigenvalue weighted by atomic mass is 19.4. The lowest BCUT2D eigenvalue weighted by molar-refractivity contribution is -0.141. The average Bonchev–Trinajstić information content (AvgIpc) is 2.14. The Bertz CT molecular complexity index is 371. The van der Waals surface area contributed by atoms with E-state index in [9.17, 15) is 13.2 Å². The molecule has 1 aromatic rings. The number of nitrogens with zero attached hydrogens (tertiary/aromatic N) is 1. The third kappa shape index (κ3) is 3.28. The molecule has 2 N–H and O–H groups in total. The van der Waals surface area contributed by atoms with Crippen molar-refractivity contribution >= 4 is 7.32 Å². The van der Waals surface area contributed by atoms with Crippen LogP contribution in [0.1, 0.15) is 5.69 Å². The second kappa shape index (κ2) is 4.58. The SMILES string of the molecule is COc1cc(OB(O)O)cc(C(F)(F)F)n1. The molecule has 0 radical (unpaired) electrons. The Kier molecular flexibility index (Phi) is 3.60.